The van der Waals surface area contributed by atoms with Crippen LogP contribution >= 0.6 is 23.2 Å². The molecule has 27 heavy (non-hydrogen) atoms. The molecule has 0 radical (unpaired) electrons. The predicted molar refractivity (Wildman–Crippen MR) is 109 cm³/mol. The van der Waals surface area contributed by atoms with E-state index in [1.165, 1.54) is 10.6 Å². The van der Waals surface area contributed by atoms with Crippen LogP contribution in [-0.4, -0.2) is 26.6 Å². The van der Waals surface area contributed by atoms with Gasteiger partial charge < -0.3 is 5.32 Å². The molecule has 1 heterocycles. The van der Waals surface area contributed by atoms with Gasteiger partial charge in [-0.2, -0.15) is 0 Å². The van der Waals surface area contributed by atoms with Crippen LogP contribution in [0, 0.1) is 0 Å². The Kier molecular flexibility index (Phi) is 5.43. The summed E-state index contributed by atoms with van der Waals surface area (Å²) in [5.74, 6) is -0.234. The van der Waals surface area contributed by atoms with E-state index in [9.17, 15) is 13.2 Å². The number of rotatable bonds is 4. The summed E-state index contributed by atoms with van der Waals surface area (Å²) < 4.78 is 25.4. The molecule has 0 aliphatic carbocycles. The van der Waals surface area contributed by atoms with Crippen LogP contribution in [0.4, 0.5) is 5.69 Å². The SMILES string of the molecule is C[C@@H]1Cc2cc(C(=O)N[C@H](C)c3ccc(Cl)c(Cl)c3)ccc2N1S(C)(=O)=O. The van der Waals surface area contributed by atoms with E-state index in [2.05, 4.69) is 5.32 Å². The van der Waals surface area contributed by atoms with Gasteiger partial charge >= 0.3 is 0 Å². The molecular weight excluding hydrogens is 407 g/mol. The number of hydrogen-bond donors (Lipinski definition) is 1. The highest BCUT2D eigenvalue weighted by molar-refractivity contribution is 7.92. The lowest BCUT2D eigenvalue weighted by Crippen LogP contribution is -2.34. The molecule has 2 aromatic carbocycles. The number of carbonyl (C=O) groups is 1. The molecule has 2 atom stereocenters. The van der Waals surface area contributed by atoms with Crippen molar-refractivity contribution in [3.8, 4) is 0 Å². The monoisotopic (exact) mass is 426 g/mol. The zero-order chi connectivity index (χ0) is 19.9. The lowest BCUT2D eigenvalue weighted by atomic mass is 10.0. The summed E-state index contributed by atoms with van der Waals surface area (Å²) in [5.41, 5.74) is 2.82. The number of sulfonamides is 1. The van der Waals surface area contributed by atoms with Gasteiger partial charge in [-0.1, -0.05) is 29.3 Å². The first-order chi connectivity index (χ1) is 12.6. The Bertz CT molecular complexity index is 1010. The van der Waals surface area contributed by atoms with Gasteiger partial charge in [0, 0.05) is 11.6 Å². The molecule has 1 aliphatic heterocycles. The van der Waals surface area contributed by atoms with Crippen LogP contribution in [-0.2, 0) is 16.4 Å². The third kappa shape index (κ3) is 4.08. The molecule has 0 bridgehead atoms. The first-order valence-electron chi connectivity index (χ1n) is 8.46. The first-order valence-corrected chi connectivity index (χ1v) is 11.1. The molecule has 0 aromatic heterocycles. The molecular formula is C19H20Cl2N2O3S. The highest BCUT2D eigenvalue weighted by Crippen LogP contribution is 2.35. The third-order valence-electron chi connectivity index (χ3n) is 4.64. The molecule has 0 saturated heterocycles. The largest absolute Gasteiger partial charge is 0.346 e. The quantitative estimate of drug-likeness (QED) is 0.796. The molecule has 144 valence electrons. The summed E-state index contributed by atoms with van der Waals surface area (Å²) in [5, 5.41) is 3.82. The zero-order valence-electron chi connectivity index (χ0n) is 15.2. The molecule has 1 N–H and O–H groups in total. The number of amides is 1. The van der Waals surface area contributed by atoms with E-state index in [1.807, 2.05) is 19.9 Å². The predicted octanol–water partition coefficient (Wildman–Crippen LogP) is 4.20. The highest BCUT2D eigenvalue weighted by Gasteiger charge is 2.32. The van der Waals surface area contributed by atoms with Crippen molar-refractivity contribution in [1.82, 2.24) is 5.32 Å². The number of fused-ring (bicyclic) bond motifs is 1. The Balaban J connectivity index is 1.81. The summed E-state index contributed by atoms with van der Waals surface area (Å²) >= 11 is 12.0. The van der Waals surface area contributed by atoms with Crippen molar-refractivity contribution in [1.29, 1.82) is 0 Å². The van der Waals surface area contributed by atoms with Crippen molar-refractivity contribution < 1.29 is 13.2 Å². The topological polar surface area (TPSA) is 66.5 Å². The summed E-state index contributed by atoms with van der Waals surface area (Å²) in [6.07, 6.45) is 1.77. The van der Waals surface area contributed by atoms with Crippen molar-refractivity contribution in [2.75, 3.05) is 10.6 Å². The van der Waals surface area contributed by atoms with E-state index in [1.54, 1.807) is 30.3 Å². The van der Waals surface area contributed by atoms with Gasteiger partial charge in [0.1, 0.15) is 0 Å². The van der Waals surface area contributed by atoms with Gasteiger partial charge in [0.2, 0.25) is 10.0 Å². The number of hydrogen-bond acceptors (Lipinski definition) is 3. The number of halogens is 2. The van der Waals surface area contributed by atoms with Crippen LogP contribution < -0.4 is 9.62 Å². The summed E-state index contributed by atoms with van der Waals surface area (Å²) in [6, 6.07) is 9.91. The summed E-state index contributed by atoms with van der Waals surface area (Å²) in [6.45, 7) is 3.71. The minimum atomic E-state index is -3.35. The van der Waals surface area contributed by atoms with Crippen molar-refractivity contribution in [2.45, 2.75) is 32.4 Å². The van der Waals surface area contributed by atoms with Crippen LogP contribution in [0.15, 0.2) is 36.4 Å². The van der Waals surface area contributed by atoms with Crippen LogP contribution in [0.2, 0.25) is 10.0 Å². The van der Waals surface area contributed by atoms with Crippen molar-refractivity contribution in [2.24, 2.45) is 0 Å². The van der Waals surface area contributed by atoms with Crippen molar-refractivity contribution in [3.05, 3.63) is 63.1 Å². The van der Waals surface area contributed by atoms with Gasteiger partial charge in [-0.3, -0.25) is 9.10 Å². The number of carbonyl (C=O) groups excluding carboxylic acids is 1. The number of nitrogens with one attached hydrogen (secondary N) is 1. The Morgan fingerprint density at radius 2 is 1.89 bits per heavy atom. The molecule has 0 saturated carbocycles. The second-order valence-corrected chi connectivity index (χ2v) is 9.50. The Hall–Kier alpha value is -1.76. The van der Waals surface area contributed by atoms with E-state index >= 15 is 0 Å². The second kappa shape index (κ2) is 7.34. The fourth-order valence-corrected chi connectivity index (χ4v) is 4.96. The number of anilines is 1. The fraction of sp³-hybridized carbons (Fsp3) is 0.316. The molecule has 2 aromatic rings. The van der Waals surface area contributed by atoms with E-state index in [0.717, 1.165) is 11.1 Å². The maximum Gasteiger partial charge on any atom is 0.251 e. The first kappa shape index (κ1) is 20.0. The second-order valence-electron chi connectivity index (χ2n) is 6.82. The van der Waals surface area contributed by atoms with E-state index in [4.69, 9.17) is 23.2 Å². The molecule has 3 rings (SSSR count). The third-order valence-corrected chi connectivity index (χ3v) is 6.65. The van der Waals surface area contributed by atoms with Gasteiger partial charge in [0.15, 0.2) is 0 Å². The van der Waals surface area contributed by atoms with E-state index in [-0.39, 0.29) is 18.0 Å². The van der Waals surface area contributed by atoms with Crippen LogP contribution in [0.3, 0.4) is 0 Å². The lowest BCUT2D eigenvalue weighted by Gasteiger charge is -2.22. The maximum atomic E-state index is 12.6. The smallest absolute Gasteiger partial charge is 0.251 e. The van der Waals surface area contributed by atoms with Gasteiger partial charge in [-0.25, -0.2) is 8.42 Å². The average Bonchev–Trinajstić information content (AvgIpc) is 2.92. The minimum Gasteiger partial charge on any atom is -0.346 e. The van der Waals surface area contributed by atoms with Crippen molar-refractivity contribution in [3.63, 3.8) is 0 Å². The fourth-order valence-electron chi connectivity index (χ4n) is 3.39. The Morgan fingerprint density at radius 3 is 2.52 bits per heavy atom. The maximum absolute atomic E-state index is 12.6. The average molecular weight is 427 g/mol. The van der Waals surface area contributed by atoms with E-state index < -0.39 is 10.0 Å². The molecule has 0 spiro atoms. The Morgan fingerprint density at radius 1 is 1.19 bits per heavy atom. The van der Waals surface area contributed by atoms with Crippen LogP contribution in [0.5, 0.6) is 0 Å². The molecule has 5 nitrogen and oxygen atoms in total. The van der Waals surface area contributed by atoms with Crippen LogP contribution in [0.1, 0.15) is 41.4 Å². The molecule has 1 aliphatic rings. The van der Waals surface area contributed by atoms with Gasteiger partial charge in [-0.15, -0.1) is 0 Å². The van der Waals surface area contributed by atoms with Crippen LogP contribution in [0.25, 0.3) is 0 Å². The standard InChI is InChI=1S/C19H20Cl2N2O3S/c1-11-8-15-9-14(5-7-18(15)23(11)27(3,25)26)19(24)22-12(2)13-4-6-16(20)17(21)10-13/h4-7,9-12H,8H2,1-3H3,(H,22,24)/t11-,12-/m1/s1. The summed E-state index contributed by atoms with van der Waals surface area (Å²) in [4.78, 5) is 12.6. The molecule has 0 fully saturated rings. The number of nitrogens with zero attached hydrogens (tertiary/aromatic N) is 1. The highest BCUT2D eigenvalue weighted by atomic mass is 35.5. The van der Waals surface area contributed by atoms with Gasteiger partial charge in [0.05, 0.1) is 28.0 Å². The zero-order valence-corrected chi connectivity index (χ0v) is 17.5. The molecule has 0 unspecified atom stereocenters. The number of benzene rings is 2. The van der Waals surface area contributed by atoms with E-state index in [0.29, 0.717) is 27.7 Å². The minimum absolute atomic E-state index is 0.163. The van der Waals surface area contributed by atoms with Crippen molar-refractivity contribution >= 4 is 44.8 Å². The Labute approximate surface area is 169 Å². The normalized spacial score (nSPS) is 17.5. The lowest BCUT2D eigenvalue weighted by molar-refractivity contribution is 0.0940. The molecule has 1 amide bonds. The molecule has 8 heteroatoms. The van der Waals surface area contributed by atoms with Gasteiger partial charge in [0.25, 0.3) is 5.91 Å². The van der Waals surface area contributed by atoms with Gasteiger partial charge in [-0.05, 0) is 61.7 Å². The summed E-state index contributed by atoms with van der Waals surface area (Å²) in [7, 11) is -3.35.